The minimum absolute atomic E-state index is 0.0478. The summed E-state index contributed by atoms with van der Waals surface area (Å²) in [5, 5.41) is 8.83. The average Bonchev–Trinajstić information content (AvgIpc) is 3.05. The number of carboxylic acid groups (broad SMARTS) is 1. The topological polar surface area (TPSA) is 172 Å². The van der Waals surface area contributed by atoms with Crippen molar-refractivity contribution in [3.8, 4) is 0 Å². The molecule has 0 fully saturated rings. The smallest absolute Gasteiger partial charge is 0.472 e. The Morgan fingerprint density at radius 2 is 1.23 bits per heavy atom. The van der Waals surface area contributed by atoms with E-state index in [1.54, 1.807) is 0 Å². The minimum Gasteiger partial charge on any atom is -0.480 e. The predicted molar refractivity (Wildman–Crippen MR) is 189 cm³/mol. The molecule has 2 unspecified atom stereocenters. The van der Waals surface area contributed by atoms with Crippen molar-refractivity contribution in [3.05, 3.63) is 48.6 Å². The van der Waals surface area contributed by atoms with Crippen molar-refractivity contribution in [1.29, 1.82) is 0 Å². The summed E-state index contributed by atoms with van der Waals surface area (Å²) in [6.45, 7) is 2.61. The number of nitrogens with two attached hydrogens (primary N) is 1. The molecule has 0 radical (unpaired) electrons. The summed E-state index contributed by atoms with van der Waals surface area (Å²) < 4.78 is 32.3. The van der Waals surface area contributed by atoms with E-state index in [2.05, 4.69) is 48.8 Å². The van der Waals surface area contributed by atoms with Gasteiger partial charge in [0.2, 0.25) is 0 Å². The van der Waals surface area contributed by atoms with Gasteiger partial charge in [-0.05, 0) is 51.4 Å². The second-order valence-corrected chi connectivity index (χ2v) is 13.1. The Hall–Kier alpha value is -2.56. The molecule has 0 aliphatic heterocycles. The standard InChI is InChI=1S/C36H62NO10P/c1-3-5-7-9-11-13-15-16-18-20-22-24-26-28-35(39)47-32(30-45-48(42,43)46-31-33(37)36(40)41)29-44-34(38)27-25-23-21-19-17-14-12-10-8-6-4-2/h10,12,14,16-18,22,24,32-33H,3-9,11,13,15,19-21,23,25-31,37H2,1-2H3,(H,40,41)(H,42,43)/b12-10+,17-14+,18-16+,24-22+/t32?,33-/m0/s1. The van der Waals surface area contributed by atoms with Gasteiger partial charge >= 0.3 is 25.7 Å². The highest BCUT2D eigenvalue weighted by Gasteiger charge is 2.28. The number of unbranched alkanes of at least 4 members (excludes halogenated alkanes) is 11. The summed E-state index contributed by atoms with van der Waals surface area (Å²) in [4.78, 5) is 45.5. The lowest BCUT2D eigenvalue weighted by Gasteiger charge is -2.20. The third-order valence-corrected chi connectivity index (χ3v) is 8.04. The number of carbonyl (C=O) groups is 3. The average molecular weight is 700 g/mol. The third kappa shape index (κ3) is 30.8. The number of carbonyl (C=O) groups excluding carboxylic acids is 2. The molecule has 3 atom stereocenters. The lowest BCUT2D eigenvalue weighted by atomic mass is 10.1. The maximum Gasteiger partial charge on any atom is 0.472 e. The maximum absolute atomic E-state index is 12.5. The van der Waals surface area contributed by atoms with Crippen molar-refractivity contribution >= 4 is 25.7 Å². The van der Waals surface area contributed by atoms with Gasteiger partial charge in [0.05, 0.1) is 13.2 Å². The van der Waals surface area contributed by atoms with Gasteiger partial charge in [0, 0.05) is 12.8 Å². The van der Waals surface area contributed by atoms with E-state index in [4.69, 9.17) is 24.8 Å². The highest BCUT2D eigenvalue weighted by Crippen LogP contribution is 2.43. The molecule has 0 aliphatic rings. The van der Waals surface area contributed by atoms with Crippen LogP contribution in [0, 0.1) is 0 Å². The van der Waals surface area contributed by atoms with Crippen molar-refractivity contribution in [2.45, 2.75) is 142 Å². The van der Waals surface area contributed by atoms with E-state index < -0.39 is 51.1 Å². The lowest BCUT2D eigenvalue weighted by Crippen LogP contribution is -2.34. The molecule has 11 nitrogen and oxygen atoms in total. The third-order valence-electron chi connectivity index (χ3n) is 7.09. The first kappa shape index (κ1) is 45.4. The quantitative estimate of drug-likeness (QED) is 0.0203. The number of carboxylic acids is 1. The van der Waals surface area contributed by atoms with Gasteiger partial charge in [0.15, 0.2) is 6.10 Å². The van der Waals surface area contributed by atoms with Crippen LogP contribution in [0.5, 0.6) is 0 Å². The zero-order chi connectivity index (χ0) is 35.7. The highest BCUT2D eigenvalue weighted by atomic mass is 31.2. The first-order valence-electron chi connectivity index (χ1n) is 17.7. The summed E-state index contributed by atoms with van der Waals surface area (Å²) in [7, 11) is -4.73. The summed E-state index contributed by atoms with van der Waals surface area (Å²) in [5.41, 5.74) is 5.30. The van der Waals surface area contributed by atoms with Crippen LogP contribution in [0.25, 0.3) is 0 Å². The Balaban J connectivity index is 4.63. The maximum atomic E-state index is 12.5. The van der Waals surface area contributed by atoms with Crippen LogP contribution in [0.4, 0.5) is 0 Å². The summed E-state index contributed by atoms with van der Waals surface area (Å²) in [6.07, 6.45) is 32.1. The largest absolute Gasteiger partial charge is 0.480 e. The van der Waals surface area contributed by atoms with Gasteiger partial charge < -0.3 is 25.2 Å². The fraction of sp³-hybridized carbons (Fsp3) is 0.694. The molecular formula is C36H62NO10P. The molecule has 0 aromatic carbocycles. The Kier molecular flexibility index (Phi) is 30.0. The Morgan fingerprint density at radius 3 is 1.90 bits per heavy atom. The first-order chi connectivity index (χ1) is 23.1. The zero-order valence-electron chi connectivity index (χ0n) is 29.3. The fourth-order valence-electron chi connectivity index (χ4n) is 4.21. The normalized spacial score (nSPS) is 14.6. The van der Waals surface area contributed by atoms with Gasteiger partial charge in [-0.1, -0.05) is 114 Å². The Labute approximate surface area is 288 Å². The number of phosphoric acid groups is 1. The SMILES string of the molecule is CCCC/C=C/C=C/CCCCCC(=O)OCC(COP(=O)(O)OC[C@H](N)C(=O)O)OC(=O)CC/C=C/C/C=C/CCCCCCCC. The number of hydrogen-bond donors (Lipinski definition) is 3. The molecule has 4 N–H and O–H groups in total. The van der Waals surface area contributed by atoms with Crippen LogP contribution < -0.4 is 5.73 Å². The predicted octanol–water partition coefficient (Wildman–Crippen LogP) is 8.27. The number of phosphoric ester groups is 1. The van der Waals surface area contributed by atoms with Crippen LogP contribution >= 0.6 is 7.82 Å². The van der Waals surface area contributed by atoms with E-state index >= 15 is 0 Å². The van der Waals surface area contributed by atoms with Gasteiger partial charge in [0.1, 0.15) is 12.6 Å². The van der Waals surface area contributed by atoms with Crippen LogP contribution in [0.2, 0.25) is 0 Å². The van der Waals surface area contributed by atoms with Gasteiger partial charge in [-0.3, -0.25) is 23.4 Å². The van der Waals surface area contributed by atoms with E-state index in [0.29, 0.717) is 12.8 Å². The zero-order valence-corrected chi connectivity index (χ0v) is 30.2. The number of aliphatic carboxylic acids is 1. The second kappa shape index (κ2) is 31.7. The molecular weight excluding hydrogens is 637 g/mol. The number of esters is 2. The van der Waals surface area contributed by atoms with Gasteiger partial charge in [-0.15, -0.1) is 0 Å². The summed E-state index contributed by atoms with van der Waals surface area (Å²) in [5.74, 6) is -2.51. The molecule has 48 heavy (non-hydrogen) atoms. The van der Waals surface area contributed by atoms with Gasteiger partial charge in [-0.2, -0.15) is 0 Å². The first-order valence-corrected chi connectivity index (χ1v) is 19.2. The molecule has 276 valence electrons. The summed E-state index contributed by atoms with van der Waals surface area (Å²) >= 11 is 0. The number of hydrogen-bond acceptors (Lipinski definition) is 9. The van der Waals surface area contributed by atoms with Crippen LogP contribution in [-0.2, 0) is 37.5 Å². The van der Waals surface area contributed by atoms with Crippen molar-refractivity contribution in [2.24, 2.45) is 5.73 Å². The molecule has 0 aromatic heterocycles. The number of rotatable bonds is 32. The van der Waals surface area contributed by atoms with E-state index in [1.165, 1.54) is 51.4 Å². The van der Waals surface area contributed by atoms with E-state index in [9.17, 15) is 23.8 Å². The summed E-state index contributed by atoms with van der Waals surface area (Å²) in [6, 6.07) is -1.53. The minimum atomic E-state index is -4.73. The molecule has 0 heterocycles. The lowest BCUT2D eigenvalue weighted by molar-refractivity contribution is -0.161. The molecule has 0 rings (SSSR count). The molecule has 12 heteroatoms. The van der Waals surface area contributed by atoms with Crippen molar-refractivity contribution in [2.75, 3.05) is 19.8 Å². The molecule has 0 spiro atoms. The number of allylic oxidation sites excluding steroid dienone is 8. The highest BCUT2D eigenvalue weighted by molar-refractivity contribution is 7.47. The van der Waals surface area contributed by atoms with Gasteiger partial charge in [-0.25, -0.2) is 4.57 Å². The molecule has 0 aromatic rings. The van der Waals surface area contributed by atoms with Crippen LogP contribution in [0.1, 0.15) is 129 Å². The molecule has 0 amide bonds. The number of ether oxygens (including phenoxy) is 2. The van der Waals surface area contributed by atoms with E-state index in [0.717, 1.165) is 38.5 Å². The molecule has 0 bridgehead atoms. The molecule has 0 aliphatic carbocycles. The van der Waals surface area contributed by atoms with Crippen LogP contribution in [-0.4, -0.2) is 59.9 Å². The van der Waals surface area contributed by atoms with E-state index in [1.807, 2.05) is 18.2 Å². The van der Waals surface area contributed by atoms with Crippen LogP contribution in [0.15, 0.2) is 48.6 Å². The van der Waals surface area contributed by atoms with E-state index in [-0.39, 0.29) is 19.4 Å². The van der Waals surface area contributed by atoms with Crippen molar-refractivity contribution < 1.29 is 47.5 Å². The van der Waals surface area contributed by atoms with Gasteiger partial charge in [0.25, 0.3) is 0 Å². The van der Waals surface area contributed by atoms with Crippen molar-refractivity contribution in [1.82, 2.24) is 0 Å². The van der Waals surface area contributed by atoms with Crippen molar-refractivity contribution in [3.63, 3.8) is 0 Å². The Morgan fingerprint density at radius 1 is 0.667 bits per heavy atom. The van der Waals surface area contributed by atoms with Crippen LogP contribution in [0.3, 0.4) is 0 Å². The monoisotopic (exact) mass is 699 g/mol. The fourth-order valence-corrected chi connectivity index (χ4v) is 4.99. The molecule has 0 saturated carbocycles. The molecule has 0 saturated heterocycles. The Bertz CT molecular complexity index is 1010. The second-order valence-electron chi connectivity index (χ2n) is 11.7.